The van der Waals surface area contributed by atoms with Gasteiger partial charge in [0, 0.05) is 5.92 Å². The van der Waals surface area contributed by atoms with Gasteiger partial charge in [0.1, 0.15) is 5.60 Å². The Hall–Kier alpha value is -2.99. The third kappa shape index (κ3) is 4.91. The van der Waals surface area contributed by atoms with E-state index in [1.807, 2.05) is 53.7 Å². The molecule has 0 saturated heterocycles. The fraction of sp³-hybridized carbons (Fsp3) is 0.423. The highest BCUT2D eigenvalue weighted by molar-refractivity contribution is 6.15. The molecule has 0 spiro atoms. The van der Waals surface area contributed by atoms with Crippen molar-refractivity contribution in [3.05, 3.63) is 70.3 Å². The lowest BCUT2D eigenvalue weighted by atomic mass is 9.98. The van der Waals surface area contributed by atoms with E-state index < -0.39 is 29.1 Å². The van der Waals surface area contributed by atoms with Gasteiger partial charge < -0.3 is 14.2 Å². The molecule has 3 rings (SSSR count). The van der Waals surface area contributed by atoms with Crippen LogP contribution in [0.2, 0.25) is 0 Å². The Kier molecular flexibility index (Phi) is 6.29. The molecule has 6 nitrogen and oxygen atoms in total. The molecule has 6 heteroatoms. The summed E-state index contributed by atoms with van der Waals surface area (Å²) in [5.41, 5.74) is 2.59. The minimum Gasteiger partial charge on any atom is -0.455 e. The van der Waals surface area contributed by atoms with Gasteiger partial charge in [-0.3, -0.25) is 0 Å². The van der Waals surface area contributed by atoms with Crippen molar-refractivity contribution in [3.8, 4) is 0 Å². The Morgan fingerprint density at radius 2 is 1.84 bits per heavy atom. The number of cyclic esters (lactones) is 2. The summed E-state index contributed by atoms with van der Waals surface area (Å²) in [6.45, 7) is 16.3. The van der Waals surface area contributed by atoms with Crippen LogP contribution in [0.15, 0.2) is 53.6 Å². The summed E-state index contributed by atoms with van der Waals surface area (Å²) in [4.78, 5) is 35.9. The minimum absolute atomic E-state index is 0.0761. The van der Waals surface area contributed by atoms with Crippen LogP contribution in [0.1, 0.15) is 79.0 Å². The highest BCUT2D eigenvalue weighted by atomic mass is 16.6. The number of fused-ring (bicyclic) bond motifs is 1. The number of carbonyl (C=O) groups excluding carboxylic acids is 3. The predicted molar refractivity (Wildman–Crippen MR) is 120 cm³/mol. The SMILES string of the molecule is C=C(C)/C(C)=C/C=C(\C)C(C)(C)OCC1CC1(C)OC(=O)c1ccc2c(c1)C(=O)OC2=O. The molecule has 0 aromatic heterocycles. The Bertz CT molecular complexity index is 1060. The van der Waals surface area contributed by atoms with Crippen molar-refractivity contribution in [2.75, 3.05) is 6.61 Å². The molecule has 2 atom stereocenters. The Morgan fingerprint density at radius 1 is 1.19 bits per heavy atom. The van der Waals surface area contributed by atoms with Crippen LogP contribution in [-0.2, 0) is 14.2 Å². The first kappa shape index (κ1) is 23.7. The fourth-order valence-corrected chi connectivity index (χ4v) is 3.29. The van der Waals surface area contributed by atoms with Crippen molar-refractivity contribution >= 4 is 17.9 Å². The van der Waals surface area contributed by atoms with E-state index in [0.29, 0.717) is 13.0 Å². The van der Waals surface area contributed by atoms with Gasteiger partial charge in [-0.1, -0.05) is 24.3 Å². The number of carbonyl (C=O) groups is 3. The number of esters is 3. The average molecular weight is 439 g/mol. The summed E-state index contributed by atoms with van der Waals surface area (Å²) >= 11 is 0. The molecule has 1 fully saturated rings. The summed E-state index contributed by atoms with van der Waals surface area (Å²) in [7, 11) is 0. The maximum Gasteiger partial charge on any atom is 0.346 e. The van der Waals surface area contributed by atoms with E-state index in [-0.39, 0.29) is 22.6 Å². The molecule has 170 valence electrons. The number of ether oxygens (including phenoxy) is 3. The Labute approximate surface area is 188 Å². The zero-order valence-corrected chi connectivity index (χ0v) is 19.5. The quantitative estimate of drug-likeness (QED) is 0.315. The monoisotopic (exact) mass is 438 g/mol. The summed E-state index contributed by atoms with van der Waals surface area (Å²) in [5, 5.41) is 0. The first-order chi connectivity index (χ1) is 14.8. The third-order valence-corrected chi connectivity index (χ3v) is 6.41. The Balaban J connectivity index is 1.58. The van der Waals surface area contributed by atoms with E-state index >= 15 is 0 Å². The van der Waals surface area contributed by atoms with Crippen molar-refractivity contribution in [1.29, 1.82) is 0 Å². The number of rotatable bonds is 8. The van der Waals surface area contributed by atoms with Crippen LogP contribution in [0.5, 0.6) is 0 Å². The van der Waals surface area contributed by atoms with E-state index in [9.17, 15) is 14.4 Å². The van der Waals surface area contributed by atoms with Crippen LogP contribution in [-0.4, -0.2) is 35.7 Å². The van der Waals surface area contributed by atoms with Crippen LogP contribution in [0.4, 0.5) is 0 Å². The van der Waals surface area contributed by atoms with E-state index in [1.54, 1.807) is 0 Å². The second kappa shape index (κ2) is 8.51. The van der Waals surface area contributed by atoms with Gasteiger partial charge in [0.2, 0.25) is 0 Å². The molecule has 1 aromatic carbocycles. The molecule has 1 aliphatic carbocycles. The lowest BCUT2D eigenvalue weighted by molar-refractivity contribution is -0.0160. The summed E-state index contributed by atoms with van der Waals surface area (Å²) in [6, 6.07) is 4.23. The zero-order chi connectivity index (χ0) is 23.8. The fourth-order valence-electron chi connectivity index (χ4n) is 3.29. The van der Waals surface area contributed by atoms with Crippen LogP contribution in [0.25, 0.3) is 0 Å². The second-order valence-corrected chi connectivity index (χ2v) is 9.34. The molecule has 32 heavy (non-hydrogen) atoms. The van der Waals surface area contributed by atoms with Gasteiger partial charge in [0.25, 0.3) is 0 Å². The molecule has 0 radical (unpaired) electrons. The molecular weight excluding hydrogens is 408 g/mol. The van der Waals surface area contributed by atoms with Crippen molar-refractivity contribution in [2.45, 2.75) is 59.2 Å². The number of allylic oxidation sites excluding steroid dienone is 4. The van der Waals surface area contributed by atoms with Crippen LogP contribution in [0, 0.1) is 5.92 Å². The topological polar surface area (TPSA) is 78.9 Å². The second-order valence-electron chi connectivity index (χ2n) is 9.34. The minimum atomic E-state index is -0.748. The summed E-state index contributed by atoms with van der Waals surface area (Å²) in [5.74, 6) is -1.91. The lowest BCUT2D eigenvalue weighted by Crippen LogP contribution is -2.29. The van der Waals surface area contributed by atoms with E-state index in [1.165, 1.54) is 18.2 Å². The van der Waals surface area contributed by atoms with Crippen molar-refractivity contribution in [2.24, 2.45) is 5.92 Å². The molecule has 0 N–H and O–H groups in total. The third-order valence-electron chi connectivity index (χ3n) is 6.41. The van der Waals surface area contributed by atoms with Gasteiger partial charge in [0.05, 0.1) is 28.9 Å². The zero-order valence-electron chi connectivity index (χ0n) is 19.5. The van der Waals surface area contributed by atoms with Crippen molar-refractivity contribution in [3.63, 3.8) is 0 Å². The van der Waals surface area contributed by atoms with Gasteiger partial charge >= 0.3 is 17.9 Å². The molecule has 1 aromatic rings. The normalized spacial score (nSPS) is 23.0. The van der Waals surface area contributed by atoms with Gasteiger partial charge in [-0.15, -0.1) is 0 Å². The van der Waals surface area contributed by atoms with Gasteiger partial charge in [0.15, 0.2) is 0 Å². The maximum atomic E-state index is 12.6. The highest BCUT2D eigenvalue weighted by Crippen LogP contribution is 2.48. The van der Waals surface area contributed by atoms with Crippen LogP contribution in [0.3, 0.4) is 0 Å². The van der Waals surface area contributed by atoms with E-state index in [2.05, 4.69) is 11.3 Å². The lowest BCUT2D eigenvalue weighted by Gasteiger charge is -2.27. The van der Waals surface area contributed by atoms with Crippen molar-refractivity contribution < 1.29 is 28.6 Å². The smallest absolute Gasteiger partial charge is 0.346 e. The summed E-state index contributed by atoms with van der Waals surface area (Å²) in [6.07, 6.45) is 4.77. The van der Waals surface area contributed by atoms with Gasteiger partial charge in [-0.05, 0) is 77.3 Å². The molecule has 0 amide bonds. The molecule has 1 aliphatic heterocycles. The highest BCUT2D eigenvalue weighted by Gasteiger charge is 2.54. The number of hydrogen-bond donors (Lipinski definition) is 0. The summed E-state index contributed by atoms with van der Waals surface area (Å²) < 4.78 is 16.4. The molecule has 1 saturated carbocycles. The van der Waals surface area contributed by atoms with Crippen LogP contribution >= 0.6 is 0 Å². The average Bonchev–Trinajstić information content (AvgIpc) is 3.28. The molecule has 1 heterocycles. The standard InChI is InChI=1S/C26H30O6/c1-15(2)16(3)8-9-17(4)25(5,6)30-14-19-13-26(19,7)32-22(27)18-10-11-20-21(12-18)24(29)31-23(20)28/h8-12,19H,1,13-14H2,2-7H3/b16-8+,17-9+. The molecule has 2 unspecified atom stereocenters. The van der Waals surface area contributed by atoms with Gasteiger partial charge in [-0.25, -0.2) is 14.4 Å². The molecule has 0 bridgehead atoms. The van der Waals surface area contributed by atoms with Crippen molar-refractivity contribution in [1.82, 2.24) is 0 Å². The molecule has 2 aliphatic rings. The predicted octanol–water partition coefficient (Wildman–Crippen LogP) is 5.20. The Morgan fingerprint density at radius 3 is 2.50 bits per heavy atom. The van der Waals surface area contributed by atoms with Gasteiger partial charge in [-0.2, -0.15) is 0 Å². The molecular formula is C26H30O6. The van der Waals surface area contributed by atoms with Crippen LogP contribution < -0.4 is 0 Å². The first-order valence-electron chi connectivity index (χ1n) is 10.6. The van der Waals surface area contributed by atoms with E-state index in [0.717, 1.165) is 16.7 Å². The number of benzene rings is 1. The largest absolute Gasteiger partial charge is 0.455 e. The maximum absolute atomic E-state index is 12.6. The first-order valence-corrected chi connectivity index (χ1v) is 10.6. The number of hydrogen-bond acceptors (Lipinski definition) is 6. The van der Waals surface area contributed by atoms with E-state index in [4.69, 9.17) is 9.47 Å².